The highest BCUT2D eigenvalue weighted by atomic mass is 16.3. The molecule has 0 aromatic heterocycles. The zero-order valence-electron chi connectivity index (χ0n) is 9.30. The van der Waals surface area contributed by atoms with Crippen molar-refractivity contribution in [1.29, 1.82) is 0 Å². The van der Waals surface area contributed by atoms with Gasteiger partial charge in [-0.05, 0) is 35.4 Å². The first kappa shape index (κ1) is 11.1. The highest BCUT2D eigenvalue weighted by Gasteiger charge is 1.94. The molecule has 0 atom stereocenters. The molecule has 5 N–H and O–H groups in total. The summed E-state index contributed by atoms with van der Waals surface area (Å²) in [6.07, 6.45) is 3.83. The SMILES string of the molecule is Nc1ccc(C=Cc2cc(N)cc(O)c2)cc1. The van der Waals surface area contributed by atoms with Gasteiger partial charge in [0.05, 0.1) is 0 Å². The van der Waals surface area contributed by atoms with Crippen LogP contribution in [0.1, 0.15) is 11.1 Å². The maximum Gasteiger partial charge on any atom is 0.118 e. The van der Waals surface area contributed by atoms with Gasteiger partial charge in [0.25, 0.3) is 0 Å². The summed E-state index contributed by atoms with van der Waals surface area (Å²) in [5.41, 5.74) is 14.4. The lowest BCUT2D eigenvalue weighted by atomic mass is 10.1. The summed E-state index contributed by atoms with van der Waals surface area (Å²) >= 11 is 0. The van der Waals surface area contributed by atoms with Gasteiger partial charge >= 0.3 is 0 Å². The van der Waals surface area contributed by atoms with E-state index in [4.69, 9.17) is 11.5 Å². The number of phenolic OH excluding ortho intramolecular Hbond substituents is 1. The molecule has 0 spiro atoms. The van der Waals surface area contributed by atoms with Gasteiger partial charge in [-0.2, -0.15) is 0 Å². The Bertz CT molecular complexity index is 524. The Morgan fingerprint density at radius 3 is 2.06 bits per heavy atom. The Hall–Kier alpha value is -2.42. The zero-order valence-corrected chi connectivity index (χ0v) is 9.30. The summed E-state index contributed by atoms with van der Waals surface area (Å²) in [6.45, 7) is 0. The third kappa shape index (κ3) is 3.01. The van der Waals surface area contributed by atoms with Crippen LogP contribution in [0, 0.1) is 0 Å². The van der Waals surface area contributed by atoms with E-state index in [0.717, 1.165) is 16.8 Å². The van der Waals surface area contributed by atoms with Crippen LogP contribution < -0.4 is 11.5 Å². The normalized spacial score (nSPS) is 10.8. The van der Waals surface area contributed by atoms with E-state index in [2.05, 4.69) is 0 Å². The molecule has 0 amide bonds. The molecule has 0 unspecified atom stereocenters. The molecule has 86 valence electrons. The van der Waals surface area contributed by atoms with Crippen molar-refractivity contribution in [3.05, 3.63) is 53.6 Å². The monoisotopic (exact) mass is 226 g/mol. The van der Waals surface area contributed by atoms with Crippen molar-refractivity contribution in [2.75, 3.05) is 11.5 Å². The number of nitrogen functional groups attached to an aromatic ring is 2. The molecule has 0 heterocycles. The van der Waals surface area contributed by atoms with E-state index in [1.165, 1.54) is 6.07 Å². The minimum absolute atomic E-state index is 0.168. The highest BCUT2D eigenvalue weighted by Crippen LogP contribution is 2.19. The zero-order chi connectivity index (χ0) is 12.3. The van der Waals surface area contributed by atoms with E-state index in [-0.39, 0.29) is 5.75 Å². The van der Waals surface area contributed by atoms with Crippen LogP contribution in [-0.2, 0) is 0 Å². The second-order valence-electron chi connectivity index (χ2n) is 3.86. The van der Waals surface area contributed by atoms with Crippen LogP contribution in [0.3, 0.4) is 0 Å². The van der Waals surface area contributed by atoms with Gasteiger partial charge in [-0.25, -0.2) is 0 Å². The third-order valence-corrected chi connectivity index (χ3v) is 2.37. The molecule has 2 aromatic carbocycles. The van der Waals surface area contributed by atoms with Crippen LogP contribution in [0.5, 0.6) is 5.75 Å². The van der Waals surface area contributed by atoms with Crippen molar-refractivity contribution >= 4 is 23.5 Å². The molecular weight excluding hydrogens is 212 g/mol. The van der Waals surface area contributed by atoms with Gasteiger partial charge in [0.15, 0.2) is 0 Å². The summed E-state index contributed by atoms with van der Waals surface area (Å²) in [5.74, 6) is 0.168. The molecule has 0 saturated heterocycles. The lowest BCUT2D eigenvalue weighted by Gasteiger charge is -1.99. The molecule has 2 aromatic rings. The molecular formula is C14H14N2O. The van der Waals surface area contributed by atoms with E-state index in [0.29, 0.717) is 5.69 Å². The number of hydrogen-bond acceptors (Lipinski definition) is 3. The van der Waals surface area contributed by atoms with Crippen molar-refractivity contribution in [2.45, 2.75) is 0 Å². The molecule has 0 saturated carbocycles. The predicted molar refractivity (Wildman–Crippen MR) is 72.3 cm³/mol. The largest absolute Gasteiger partial charge is 0.508 e. The molecule has 3 heteroatoms. The summed E-state index contributed by atoms with van der Waals surface area (Å²) < 4.78 is 0. The minimum Gasteiger partial charge on any atom is -0.508 e. The maximum atomic E-state index is 9.40. The molecule has 0 aliphatic carbocycles. The Morgan fingerprint density at radius 1 is 0.765 bits per heavy atom. The summed E-state index contributed by atoms with van der Waals surface area (Å²) in [5, 5.41) is 9.40. The van der Waals surface area contributed by atoms with E-state index in [1.54, 1.807) is 12.1 Å². The van der Waals surface area contributed by atoms with Gasteiger partial charge in [-0.15, -0.1) is 0 Å². The summed E-state index contributed by atoms with van der Waals surface area (Å²) in [7, 11) is 0. The summed E-state index contributed by atoms with van der Waals surface area (Å²) in [6, 6.07) is 12.5. The second kappa shape index (κ2) is 4.61. The van der Waals surface area contributed by atoms with Crippen molar-refractivity contribution < 1.29 is 5.11 Å². The fourth-order valence-corrected chi connectivity index (χ4v) is 1.55. The lowest BCUT2D eigenvalue weighted by molar-refractivity contribution is 0.475. The van der Waals surface area contributed by atoms with E-state index in [1.807, 2.05) is 36.4 Å². The topological polar surface area (TPSA) is 72.3 Å². The first-order chi connectivity index (χ1) is 8.13. The van der Waals surface area contributed by atoms with E-state index in [9.17, 15) is 5.11 Å². The van der Waals surface area contributed by atoms with Crippen molar-refractivity contribution in [1.82, 2.24) is 0 Å². The standard InChI is InChI=1S/C14H14N2O/c15-12-5-3-10(4-6-12)1-2-11-7-13(16)9-14(17)8-11/h1-9,17H,15-16H2. The molecule has 17 heavy (non-hydrogen) atoms. The van der Waals surface area contributed by atoms with Crippen LogP contribution in [0.2, 0.25) is 0 Å². The number of hydrogen-bond donors (Lipinski definition) is 3. The molecule has 0 aliphatic rings. The van der Waals surface area contributed by atoms with Crippen LogP contribution in [-0.4, -0.2) is 5.11 Å². The Morgan fingerprint density at radius 2 is 1.41 bits per heavy atom. The minimum atomic E-state index is 0.168. The summed E-state index contributed by atoms with van der Waals surface area (Å²) in [4.78, 5) is 0. The third-order valence-electron chi connectivity index (χ3n) is 2.37. The Balaban J connectivity index is 2.22. The predicted octanol–water partition coefficient (Wildman–Crippen LogP) is 2.73. The number of nitrogens with two attached hydrogens (primary N) is 2. The van der Waals surface area contributed by atoms with Crippen molar-refractivity contribution in [2.24, 2.45) is 0 Å². The van der Waals surface area contributed by atoms with Gasteiger partial charge in [0.1, 0.15) is 5.75 Å². The maximum absolute atomic E-state index is 9.40. The van der Waals surface area contributed by atoms with E-state index < -0.39 is 0 Å². The van der Waals surface area contributed by atoms with Crippen molar-refractivity contribution in [3.63, 3.8) is 0 Å². The molecule has 2 rings (SSSR count). The number of anilines is 2. The Kier molecular flexibility index (Phi) is 3.01. The fraction of sp³-hybridized carbons (Fsp3) is 0. The van der Waals surface area contributed by atoms with E-state index >= 15 is 0 Å². The van der Waals surface area contributed by atoms with Crippen LogP contribution >= 0.6 is 0 Å². The van der Waals surface area contributed by atoms with Crippen LogP contribution in [0.15, 0.2) is 42.5 Å². The molecule has 0 radical (unpaired) electrons. The van der Waals surface area contributed by atoms with Gasteiger partial charge in [0.2, 0.25) is 0 Å². The molecule has 0 aliphatic heterocycles. The highest BCUT2D eigenvalue weighted by molar-refractivity contribution is 5.72. The molecule has 3 nitrogen and oxygen atoms in total. The smallest absolute Gasteiger partial charge is 0.118 e. The molecule has 0 bridgehead atoms. The number of rotatable bonds is 2. The quantitative estimate of drug-likeness (QED) is 0.544. The van der Waals surface area contributed by atoms with Crippen molar-refractivity contribution in [3.8, 4) is 5.75 Å². The number of benzene rings is 2. The van der Waals surface area contributed by atoms with Crippen LogP contribution in [0.4, 0.5) is 11.4 Å². The second-order valence-corrected chi connectivity index (χ2v) is 3.86. The fourth-order valence-electron chi connectivity index (χ4n) is 1.55. The van der Waals surface area contributed by atoms with Gasteiger partial charge in [0, 0.05) is 17.4 Å². The average molecular weight is 226 g/mol. The first-order valence-corrected chi connectivity index (χ1v) is 5.27. The molecule has 0 fully saturated rings. The van der Waals surface area contributed by atoms with Gasteiger partial charge in [-0.3, -0.25) is 0 Å². The average Bonchev–Trinajstić information content (AvgIpc) is 2.27. The van der Waals surface area contributed by atoms with Gasteiger partial charge in [-0.1, -0.05) is 24.3 Å². The first-order valence-electron chi connectivity index (χ1n) is 5.27. The van der Waals surface area contributed by atoms with Crippen LogP contribution in [0.25, 0.3) is 12.2 Å². The number of aromatic hydroxyl groups is 1. The number of phenols is 1. The lowest BCUT2D eigenvalue weighted by Crippen LogP contribution is -1.85. The van der Waals surface area contributed by atoms with Gasteiger partial charge < -0.3 is 16.6 Å². The Labute approximate surface area is 100 Å².